The van der Waals surface area contributed by atoms with Crippen molar-refractivity contribution in [3.63, 3.8) is 0 Å². The minimum Gasteiger partial charge on any atom is -0.387 e. The number of aliphatic hydroxyl groups is 1. The van der Waals surface area contributed by atoms with E-state index in [4.69, 9.17) is 0 Å². The van der Waals surface area contributed by atoms with Crippen molar-refractivity contribution < 1.29 is 5.11 Å². The Morgan fingerprint density at radius 2 is 2.06 bits per heavy atom. The second kappa shape index (κ2) is 6.55. The van der Waals surface area contributed by atoms with E-state index in [0.29, 0.717) is 6.54 Å². The van der Waals surface area contributed by atoms with E-state index in [1.165, 1.54) is 24.9 Å². The van der Waals surface area contributed by atoms with Crippen molar-refractivity contribution in [2.45, 2.75) is 25.4 Å². The molecule has 1 aromatic rings. The molecule has 100 valence electrons. The quantitative estimate of drug-likeness (QED) is 0.897. The molecule has 1 atom stereocenters. The Morgan fingerprint density at radius 1 is 1.33 bits per heavy atom. The first-order chi connectivity index (χ1) is 8.72. The summed E-state index contributed by atoms with van der Waals surface area (Å²) in [6.45, 7) is 2.85. The summed E-state index contributed by atoms with van der Waals surface area (Å²) in [5.74, 6) is 0. The maximum atomic E-state index is 9.95. The molecule has 18 heavy (non-hydrogen) atoms. The highest BCUT2D eigenvalue weighted by Gasteiger charge is 2.15. The number of piperidine rings is 1. The second-order valence-electron chi connectivity index (χ2n) is 4.83. The van der Waals surface area contributed by atoms with Crippen molar-refractivity contribution in [1.29, 1.82) is 0 Å². The summed E-state index contributed by atoms with van der Waals surface area (Å²) in [4.78, 5) is 2.42. The summed E-state index contributed by atoms with van der Waals surface area (Å²) < 4.78 is 1.08. The molecule has 3 nitrogen and oxygen atoms in total. The Kier molecular flexibility index (Phi) is 5.03. The lowest BCUT2D eigenvalue weighted by Crippen LogP contribution is -2.29. The number of likely N-dealkylation sites (N-methyl/N-ethyl adjacent to an activating group) is 1. The van der Waals surface area contributed by atoms with Gasteiger partial charge in [0.2, 0.25) is 0 Å². The van der Waals surface area contributed by atoms with Crippen LogP contribution in [-0.4, -0.2) is 31.8 Å². The highest BCUT2D eigenvalue weighted by molar-refractivity contribution is 9.10. The molecular weight excluding hydrogens is 292 g/mol. The summed E-state index contributed by atoms with van der Waals surface area (Å²) in [5, 5.41) is 12.9. The monoisotopic (exact) mass is 312 g/mol. The van der Waals surface area contributed by atoms with Crippen molar-refractivity contribution in [2.24, 2.45) is 0 Å². The number of anilines is 1. The van der Waals surface area contributed by atoms with Crippen LogP contribution in [0.2, 0.25) is 0 Å². The highest BCUT2D eigenvalue weighted by Crippen LogP contribution is 2.31. The lowest BCUT2D eigenvalue weighted by atomic mass is 10.1. The van der Waals surface area contributed by atoms with E-state index >= 15 is 0 Å². The average Bonchev–Trinajstić information content (AvgIpc) is 2.40. The summed E-state index contributed by atoms with van der Waals surface area (Å²) in [5.41, 5.74) is 2.20. The van der Waals surface area contributed by atoms with Gasteiger partial charge in [-0.05, 0) is 59.9 Å². The van der Waals surface area contributed by atoms with Crippen LogP contribution < -0.4 is 10.2 Å². The largest absolute Gasteiger partial charge is 0.387 e. The smallest absolute Gasteiger partial charge is 0.0914 e. The molecule has 0 spiro atoms. The fraction of sp³-hybridized carbons (Fsp3) is 0.571. The molecule has 4 heteroatoms. The van der Waals surface area contributed by atoms with Gasteiger partial charge in [0.05, 0.1) is 11.8 Å². The van der Waals surface area contributed by atoms with Gasteiger partial charge in [-0.2, -0.15) is 0 Å². The molecule has 0 aliphatic carbocycles. The van der Waals surface area contributed by atoms with Crippen molar-refractivity contribution in [3.05, 3.63) is 28.2 Å². The number of benzene rings is 1. The number of hydrogen-bond donors (Lipinski definition) is 2. The fourth-order valence-corrected chi connectivity index (χ4v) is 3.08. The van der Waals surface area contributed by atoms with Gasteiger partial charge in [0, 0.05) is 24.1 Å². The minimum absolute atomic E-state index is 0.443. The van der Waals surface area contributed by atoms with E-state index in [-0.39, 0.29) is 0 Å². The SMILES string of the molecule is CNCC(O)c1ccc(N2CCCCC2)c(Br)c1. The van der Waals surface area contributed by atoms with E-state index < -0.39 is 6.10 Å². The van der Waals surface area contributed by atoms with E-state index in [1.54, 1.807) is 0 Å². The second-order valence-corrected chi connectivity index (χ2v) is 5.69. The zero-order chi connectivity index (χ0) is 13.0. The van der Waals surface area contributed by atoms with Crippen LogP contribution in [-0.2, 0) is 0 Å². The summed E-state index contributed by atoms with van der Waals surface area (Å²) in [6, 6.07) is 6.17. The van der Waals surface area contributed by atoms with Crippen molar-refractivity contribution in [1.82, 2.24) is 5.32 Å². The lowest BCUT2D eigenvalue weighted by molar-refractivity contribution is 0.177. The van der Waals surface area contributed by atoms with E-state index in [9.17, 15) is 5.11 Å². The number of aliphatic hydroxyl groups excluding tert-OH is 1. The van der Waals surface area contributed by atoms with Crippen LogP contribution in [0.1, 0.15) is 30.9 Å². The fourth-order valence-electron chi connectivity index (χ4n) is 2.43. The summed E-state index contributed by atoms with van der Waals surface area (Å²) in [7, 11) is 1.85. The highest BCUT2D eigenvalue weighted by atomic mass is 79.9. The van der Waals surface area contributed by atoms with Gasteiger partial charge in [-0.3, -0.25) is 0 Å². The molecule has 0 bridgehead atoms. The number of halogens is 1. The summed E-state index contributed by atoms with van der Waals surface area (Å²) in [6.07, 6.45) is 3.45. The molecule has 0 amide bonds. The molecule has 1 saturated heterocycles. The van der Waals surface area contributed by atoms with Gasteiger partial charge in [0.1, 0.15) is 0 Å². The molecule has 0 radical (unpaired) electrons. The van der Waals surface area contributed by atoms with Gasteiger partial charge in [0.15, 0.2) is 0 Å². The molecule has 1 fully saturated rings. The van der Waals surface area contributed by atoms with E-state index in [1.807, 2.05) is 19.2 Å². The predicted octanol–water partition coefficient (Wildman–Crippen LogP) is 2.69. The molecule has 1 unspecified atom stereocenters. The zero-order valence-electron chi connectivity index (χ0n) is 10.8. The van der Waals surface area contributed by atoms with Crippen LogP contribution in [0.5, 0.6) is 0 Å². The van der Waals surface area contributed by atoms with Crippen molar-refractivity contribution in [3.8, 4) is 0 Å². The minimum atomic E-state index is -0.443. The molecular formula is C14H21BrN2O. The Hall–Kier alpha value is -0.580. The van der Waals surface area contributed by atoms with Crippen LogP contribution in [0.15, 0.2) is 22.7 Å². The number of nitrogens with zero attached hydrogens (tertiary/aromatic N) is 1. The number of hydrogen-bond acceptors (Lipinski definition) is 3. The average molecular weight is 313 g/mol. The third kappa shape index (κ3) is 3.25. The Labute approximate surface area is 117 Å². The first kappa shape index (κ1) is 13.8. The maximum absolute atomic E-state index is 9.95. The third-order valence-corrected chi connectivity index (χ3v) is 4.09. The van der Waals surface area contributed by atoms with Gasteiger partial charge < -0.3 is 15.3 Å². The van der Waals surface area contributed by atoms with Crippen LogP contribution in [0, 0.1) is 0 Å². The zero-order valence-corrected chi connectivity index (χ0v) is 12.4. The number of rotatable bonds is 4. The molecule has 2 N–H and O–H groups in total. The van der Waals surface area contributed by atoms with Crippen molar-refractivity contribution >= 4 is 21.6 Å². The summed E-state index contributed by atoms with van der Waals surface area (Å²) >= 11 is 3.63. The first-order valence-corrected chi connectivity index (χ1v) is 7.38. The molecule has 0 saturated carbocycles. The molecule has 1 aromatic carbocycles. The van der Waals surface area contributed by atoms with Gasteiger partial charge in [0.25, 0.3) is 0 Å². The molecule has 1 aliphatic rings. The van der Waals surface area contributed by atoms with Gasteiger partial charge in [-0.25, -0.2) is 0 Å². The van der Waals surface area contributed by atoms with Crippen molar-refractivity contribution in [2.75, 3.05) is 31.6 Å². The third-order valence-electron chi connectivity index (χ3n) is 3.45. The van der Waals surface area contributed by atoms with Gasteiger partial charge >= 0.3 is 0 Å². The molecule has 1 heterocycles. The van der Waals surface area contributed by atoms with E-state index in [2.05, 4.69) is 32.2 Å². The molecule has 1 aliphatic heterocycles. The molecule has 0 aromatic heterocycles. The van der Waals surface area contributed by atoms with Crippen LogP contribution >= 0.6 is 15.9 Å². The Morgan fingerprint density at radius 3 is 2.67 bits per heavy atom. The Bertz CT molecular complexity index is 391. The van der Waals surface area contributed by atoms with Gasteiger partial charge in [-0.1, -0.05) is 6.07 Å². The van der Waals surface area contributed by atoms with E-state index in [0.717, 1.165) is 23.1 Å². The first-order valence-electron chi connectivity index (χ1n) is 6.59. The lowest BCUT2D eigenvalue weighted by Gasteiger charge is -2.30. The predicted molar refractivity (Wildman–Crippen MR) is 79.1 cm³/mol. The Balaban J connectivity index is 2.13. The van der Waals surface area contributed by atoms with Crippen LogP contribution in [0.3, 0.4) is 0 Å². The number of nitrogens with one attached hydrogen (secondary N) is 1. The molecule has 2 rings (SSSR count). The normalized spacial score (nSPS) is 17.8. The van der Waals surface area contributed by atoms with Gasteiger partial charge in [-0.15, -0.1) is 0 Å². The standard InChI is InChI=1S/C14H21BrN2O/c1-16-10-14(18)11-5-6-13(12(15)9-11)17-7-3-2-4-8-17/h5-6,9,14,16,18H,2-4,7-8,10H2,1H3. The topological polar surface area (TPSA) is 35.5 Å². The maximum Gasteiger partial charge on any atom is 0.0914 e. The van der Waals surface area contributed by atoms with Crippen LogP contribution in [0.25, 0.3) is 0 Å². The van der Waals surface area contributed by atoms with Crippen LogP contribution in [0.4, 0.5) is 5.69 Å².